The Morgan fingerprint density at radius 3 is 2.93 bits per heavy atom. The molecule has 0 aromatic carbocycles. The van der Waals surface area contributed by atoms with E-state index in [1.807, 2.05) is 6.08 Å². The molecule has 78 valence electrons. The van der Waals surface area contributed by atoms with Gasteiger partial charge in [0.25, 0.3) is 0 Å². The van der Waals surface area contributed by atoms with E-state index in [2.05, 4.69) is 10.2 Å². The van der Waals surface area contributed by atoms with Crippen LogP contribution >= 0.6 is 11.6 Å². The molecule has 6 heteroatoms. The van der Waals surface area contributed by atoms with Gasteiger partial charge in [-0.1, -0.05) is 18.2 Å². The highest BCUT2D eigenvalue weighted by Crippen LogP contribution is 2.22. The first kappa shape index (κ1) is 9.92. The monoisotopic (exact) mass is 226 g/mol. The number of carbonyl (C=O) groups is 1. The summed E-state index contributed by atoms with van der Waals surface area (Å²) in [4.78, 5) is 10.5. The lowest BCUT2D eigenvalue weighted by Gasteiger charge is -2.06. The van der Waals surface area contributed by atoms with Crippen LogP contribution in [0.25, 0.3) is 5.57 Å². The zero-order valence-electron chi connectivity index (χ0n) is 7.55. The van der Waals surface area contributed by atoms with E-state index in [0.29, 0.717) is 12.0 Å². The number of hydrogen-bond donors (Lipinski definition) is 1. The van der Waals surface area contributed by atoms with Gasteiger partial charge in [-0.25, -0.2) is 4.79 Å². The summed E-state index contributed by atoms with van der Waals surface area (Å²) in [6.07, 6.45) is 6.02. The molecule has 0 amide bonds. The molecule has 1 unspecified atom stereocenters. The maximum absolute atomic E-state index is 10.5. The molecule has 0 radical (unpaired) electrons. The number of carboxylic acid groups (broad SMARTS) is 1. The number of aromatic carboxylic acids is 1. The summed E-state index contributed by atoms with van der Waals surface area (Å²) < 4.78 is 4.94. The topological polar surface area (TPSA) is 76.2 Å². The lowest BCUT2D eigenvalue weighted by atomic mass is 10.1. The summed E-state index contributed by atoms with van der Waals surface area (Å²) in [5, 5.41) is 15.6. The van der Waals surface area contributed by atoms with Crippen LogP contribution in [0.15, 0.2) is 22.6 Å². The van der Waals surface area contributed by atoms with E-state index in [4.69, 9.17) is 21.1 Å². The maximum atomic E-state index is 10.5. The fourth-order valence-electron chi connectivity index (χ4n) is 1.18. The molecule has 1 aromatic rings. The molecule has 1 aromatic heterocycles. The smallest absolute Gasteiger partial charge is 0.393 e. The molecule has 1 N–H and O–H groups in total. The van der Waals surface area contributed by atoms with E-state index in [9.17, 15) is 4.79 Å². The first-order valence-corrected chi connectivity index (χ1v) is 4.70. The average molecular weight is 227 g/mol. The van der Waals surface area contributed by atoms with Crippen LogP contribution in [0.1, 0.15) is 23.0 Å². The number of allylic oxidation sites excluding steroid dienone is 4. The van der Waals surface area contributed by atoms with Crippen molar-refractivity contribution >= 4 is 23.1 Å². The molecular formula is C9H7ClN2O3. The van der Waals surface area contributed by atoms with Gasteiger partial charge in [-0.3, -0.25) is 0 Å². The number of halogens is 1. The molecule has 0 aliphatic heterocycles. The molecule has 15 heavy (non-hydrogen) atoms. The lowest BCUT2D eigenvalue weighted by Crippen LogP contribution is -1.97. The summed E-state index contributed by atoms with van der Waals surface area (Å²) in [6.45, 7) is 0. The standard InChI is InChI=1S/C9H7ClN2O3/c10-6-3-1-5(2-4-6)7-11-12-8(15-7)9(13)14/h1-3,6H,4H2,(H,13,14). The molecular weight excluding hydrogens is 220 g/mol. The van der Waals surface area contributed by atoms with E-state index in [0.717, 1.165) is 0 Å². The minimum absolute atomic E-state index is 0.0318. The van der Waals surface area contributed by atoms with Crippen LogP contribution in [-0.2, 0) is 0 Å². The van der Waals surface area contributed by atoms with Gasteiger partial charge in [0, 0.05) is 5.57 Å². The van der Waals surface area contributed by atoms with Crippen LogP contribution in [0.5, 0.6) is 0 Å². The molecule has 0 bridgehead atoms. The van der Waals surface area contributed by atoms with Crippen molar-refractivity contribution in [1.29, 1.82) is 0 Å². The van der Waals surface area contributed by atoms with Crippen molar-refractivity contribution in [3.05, 3.63) is 30.0 Å². The van der Waals surface area contributed by atoms with Crippen LogP contribution in [-0.4, -0.2) is 26.7 Å². The number of aromatic nitrogens is 2. The van der Waals surface area contributed by atoms with Crippen LogP contribution in [0, 0.1) is 0 Å². The van der Waals surface area contributed by atoms with Crippen molar-refractivity contribution in [2.75, 3.05) is 0 Å². The normalized spacial score (nSPS) is 20.1. The Kier molecular flexibility index (Phi) is 2.55. The summed E-state index contributed by atoms with van der Waals surface area (Å²) >= 11 is 5.83. The zero-order valence-corrected chi connectivity index (χ0v) is 8.31. The number of rotatable bonds is 2. The van der Waals surface area contributed by atoms with Crippen molar-refractivity contribution in [2.24, 2.45) is 0 Å². The van der Waals surface area contributed by atoms with Gasteiger partial charge in [-0.05, 0) is 6.42 Å². The number of alkyl halides is 1. The third-order valence-corrected chi connectivity index (χ3v) is 2.23. The Bertz CT molecular complexity index is 450. The Balaban J connectivity index is 2.24. The fourth-order valence-corrected chi connectivity index (χ4v) is 1.34. The molecule has 0 saturated heterocycles. The second-order valence-electron chi connectivity index (χ2n) is 2.99. The Morgan fingerprint density at radius 2 is 2.40 bits per heavy atom. The SMILES string of the molecule is O=C(O)c1nnc(C2=CCC(Cl)C=C2)o1. The summed E-state index contributed by atoms with van der Waals surface area (Å²) in [7, 11) is 0. The van der Waals surface area contributed by atoms with Gasteiger partial charge in [-0.15, -0.1) is 21.8 Å². The van der Waals surface area contributed by atoms with E-state index in [-0.39, 0.29) is 11.3 Å². The lowest BCUT2D eigenvalue weighted by molar-refractivity contribution is 0.0653. The highest BCUT2D eigenvalue weighted by atomic mass is 35.5. The minimum Gasteiger partial charge on any atom is -0.474 e. The average Bonchev–Trinajstić information content (AvgIpc) is 2.68. The van der Waals surface area contributed by atoms with Crippen molar-refractivity contribution in [2.45, 2.75) is 11.8 Å². The van der Waals surface area contributed by atoms with Gasteiger partial charge >= 0.3 is 11.9 Å². The summed E-state index contributed by atoms with van der Waals surface area (Å²) in [6, 6.07) is 0. The van der Waals surface area contributed by atoms with Crippen molar-refractivity contribution < 1.29 is 14.3 Å². The van der Waals surface area contributed by atoms with Crippen molar-refractivity contribution in [3.63, 3.8) is 0 Å². The predicted octanol–water partition coefficient (Wildman–Crippen LogP) is 1.72. The quantitative estimate of drug-likeness (QED) is 0.777. The van der Waals surface area contributed by atoms with Crippen molar-refractivity contribution in [1.82, 2.24) is 10.2 Å². The summed E-state index contributed by atoms with van der Waals surface area (Å²) in [5.74, 6) is -1.44. The van der Waals surface area contributed by atoms with Gasteiger partial charge in [0.15, 0.2) is 0 Å². The Morgan fingerprint density at radius 1 is 1.60 bits per heavy atom. The molecule has 0 fully saturated rings. The molecule has 0 spiro atoms. The van der Waals surface area contributed by atoms with Crippen LogP contribution in [0.4, 0.5) is 0 Å². The highest BCUT2D eigenvalue weighted by Gasteiger charge is 2.16. The predicted molar refractivity (Wildman–Crippen MR) is 52.6 cm³/mol. The molecule has 1 aliphatic carbocycles. The highest BCUT2D eigenvalue weighted by molar-refractivity contribution is 6.22. The second kappa shape index (κ2) is 3.86. The fraction of sp³-hybridized carbons (Fsp3) is 0.222. The van der Waals surface area contributed by atoms with E-state index in [1.165, 1.54) is 0 Å². The number of hydrogen-bond acceptors (Lipinski definition) is 4. The van der Waals surface area contributed by atoms with Gasteiger partial charge in [0.05, 0.1) is 5.38 Å². The van der Waals surface area contributed by atoms with Gasteiger partial charge < -0.3 is 9.52 Å². The van der Waals surface area contributed by atoms with Crippen LogP contribution in [0.3, 0.4) is 0 Å². The number of carboxylic acids is 1. The molecule has 1 heterocycles. The van der Waals surface area contributed by atoms with E-state index >= 15 is 0 Å². The largest absolute Gasteiger partial charge is 0.474 e. The third-order valence-electron chi connectivity index (χ3n) is 1.90. The molecule has 1 aliphatic rings. The first-order valence-electron chi connectivity index (χ1n) is 4.26. The van der Waals surface area contributed by atoms with Crippen molar-refractivity contribution in [3.8, 4) is 0 Å². The molecule has 5 nitrogen and oxygen atoms in total. The molecule has 2 rings (SSSR count). The maximum Gasteiger partial charge on any atom is 0.393 e. The number of nitrogens with zero attached hydrogens (tertiary/aromatic N) is 2. The Hall–Kier alpha value is -1.62. The van der Waals surface area contributed by atoms with Gasteiger partial charge in [0.2, 0.25) is 5.89 Å². The Labute approximate surface area is 90.1 Å². The van der Waals surface area contributed by atoms with E-state index < -0.39 is 11.9 Å². The second-order valence-corrected chi connectivity index (χ2v) is 3.55. The third kappa shape index (κ3) is 2.07. The van der Waals surface area contributed by atoms with Crippen LogP contribution < -0.4 is 0 Å². The first-order chi connectivity index (χ1) is 7.16. The van der Waals surface area contributed by atoms with Crippen LogP contribution in [0.2, 0.25) is 0 Å². The zero-order chi connectivity index (χ0) is 10.8. The molecule has 1 atom stereocenters. The van der Waals surface area contributed by atoms with Gasteiger partial charge in [0.1, 0.15) is 0 Å². The van der Waals surface area contributed by atoms with Gasteiger partial charge in [-0.2, -0.15) is 0 Å². The van der Waals surface area contributed by atoms with E-state index in [1.54, 1.807) is 12.2 Å². The molecule has 0 saturated carbocycles. The minimum atomic E-state index is -1.23. The summed E-state index contributed by atoms with van der Waals surface area (Å²) in [5.41, 5.74) is 0.701.